The second-order valence-corrected chi connectivity index (χ2v) is 7.73. The molecule has 2 N–H and O–H groups in total. The van der Waals surface area contributed by atoms with Gasteiger partial charge >= 0.3 is 5.69 Å². The molecular formula is C23H27ClN2O4. The molecule has 0 saturated carbocycles. The molecule has 0 saturated heterocycles. The molecule has 4 rings (SSSR count). The minimum absolute atomic E-state index is 0. The van der Waals surface area contributed by atoms with E-state index < -0.39 is 6.10 Å². The highest BCUT2D eigenvalue weighted by molar-refractivity contribution is 5.85. The summed E-state index contributed by atoms with van der Waals surface area (Å²) in [5.74, 6) is 0.256. The summed E-state index contributed by atoms with van der Waals surface area (Å²) in [4.78, 5) is 11.4. The quantitative estimate of drug-likeness (QED) is 0.396. The van der Waals surface area contributed by atoms with Crippen molar-refractivity contribution in [2.45, 2.75) is 56.9 Å². The average Bonchev–Trinajstić information content (AvgIpc) is 2.75. The summed E-state index contributed by atoms with van der Waals surface area (Å²) in [6, 6.07) is 13.1. The molecule has 30 heavy (non-hydrogen) atoms. The standard InChI is InChI=1S/C23H26N2O4.ClH/c26-23-19-12-14-21(29-15-16-7-3-1-4-8-16)22(25(27)28)18(19)11-13-20(23)24-17-9-5-2-6-10-17;/h1,3-5,7-9,12,14,17,20,23-24,26H,2,6,10-11,13,15H2;1H. The van der Waals surface area contributed by atoms with Crippen LogP contribution in [0.4, 0.5) is 5.69 Å². The maximum atomic E-state index is 11.8. The van der Waals surface area contributed by atoms with Crippen molar-refractivity contribution in [1.82, 2.24) is 5.32 Å². The number of allylic oxidation sites excluding steroid dienone is 1. The fraction of sp³-hybridized carbons (Fsp3) is 0.391. The van der Waals surface area contributed by atoms with Crippen LogP contribution in [0.15, 0.2) is 54.6 Å². The van der Waals surface area contributed by atoms with Gasteiger partial charge in [0.25, 0.3) is 0 Å². The van der Waals surface area contributed by atoms with Gasteiger partial charge in [-0.2, -0.15) is 0 Å². The normalized spacial score (nSPS) is 22.6. The van der Waals surface area contributed by atoms with Crippen LogP contribution in [0.3, 0.4) is 0 Å². The van der Waals surface area contributed by atoms with Crippen LogP contribution in [0.25, 0.3) is 0 Å². The number of nitro groups is 1. The number of hydrogen-bond donors (Lipinski definition) is 2. The van der Waals surface area contributed by atoms with Crippen LogP contribution < -0.4 is 10.1 Å². The minimum Gasteiger partial charge on any atom is -0.482 e. The fourth-order valence-corrected chi connectivity index (χ4v) is 4.30. The first-order valence-electron chi connectivity index (χ1n) is 10.2. The second-order valence-electron chi connectivity index (χ2n) is 7.73. The molecule has 3 atom stereocenters. The van der Waals surface area contributed by atoms with Crippen LogP contribution in [-0.2, 0) is 13.0 Å². The predicted octanol–water partition coefficient (Wildman–Crippen LogP) is 4.64. The smallest absolute Gasteiger partial charge is 0.314 e. The highest BCUT2D eigenvalue weighted by Crippen LogP contribution is 2.41. The second kappa shape index (κ2) is 10.1. The summed E-state index contributed by atoms with van der Waals surface area (Å²) in [6.07, 6.45) is 8.06. The first-order valence-corrected chi connectivity index (χ1v) is 10.2. The zero-order valence-electron chi connectivity index (χ0n) is 16.7. The molecule has 2 aromatic carbocycles. The van der Waals surface area contributed by atoms with Gasteiger partial charge in [-0.1, -0.05) is 48.6 Å². The van der Waals surface area contributed by atoms with Crippen LogP contribution in [0.5, 0.6) is 5.75 Å². The maximum Gasteiger partial charge on any atom is 0.314 e. The molecule has 3 unspecified atom stereocenters. The van der Waals surface area contributed by atoms with Gasteiger partial charge in [-0.3, -0.25) is 10.1 Å². The van der Waals surface area contributed by atoms with E-state index in [4.69, 9.17) is 4.74 Å². The molecule has 2 aliphatic rings. The summed E-state index contributed by atoms with van der Waals surface area (Å²) >= 11 is 0. The Balaban J connectivity index is 0.00000256. The van der Waals surface area contributed by atoms with Gasteiger partial charge < -0.3 is 15.2 Å². The van der Waals surface area contributed by atoms with Gasteiger partial charge in [0, 0.05) is 17.6 Å². The third-order valence-corrected chi connectivity index (χ3v) is 5.79. The minimum atomic E-state index is -0.768. The number of nitrogens with zero attached hydrogens (tertiary/aromatic N) is 1. The van der Waals surface area contributed by atoms with Gasteiger partial charge in [0.1, 0.15) is 6.61 Å². The number of aliphatic hydroxyl groups is 1. The highest BCUT2D eigenvalue weighted by atomic mass is 35.5. The molecule has 0 fully saturated rings. The number of hydrogen-bond acceptors (Lipinski definition) is 5. The lowest BCUT2D eigenvalue weighted by Gasteiger charge is -2.33. The Kier molecular flexibility index (Phi) is 7.48. The Morgan fingerprint density at radius 1 is 1.17 bits per heavy atom. The lowest BCUT2D eigenvalue weighted by molar-refractivity contribution is -0.386. The molecule has 2 aliphatic carbocycles. The van der Waals surface area contributed by atoms with E-state index in [1.165, 1.54) is 0 Å². The zero-order valence-corrected chi connectivity index (χ0v) is 17.5. The number of aliphatic hydroxyl groups excluding tert-OH is 1. The zero-order chi connectivity index (χ0) is 20.2. The lowest BCUT2D eigenvalue weighted by atomic mass is 9.84. The van der Waals surface area contributed by atoms with Crippen LogP contribution in [0.1, 0.15) is 48.5 Å². The van der Waals surface area contributed by atoms with Gasteiger partial charge in [0.05, 0.1) is 11.0 Å². The molecule has 0 bridgehead atoms. The van der Waals surface area contributed by atoms with E-state index in [0.717, 1.165) is 24.8 Å². The van der Waals surface area contributed by atoms with Crippen molar-refractivity contribution in [2.75, 3.05) is 0 Å². The van der Waals surface area contributed by atoms with E-state index in [1.54, 1.807) is 12.1 Å². The van der Waals surface area contributed by atoms with E-state index in [2.05, 4.69) is 17.5 Å². The largest absolute Gasteiger partial charge is 0.482 e. The average molecular weight is 431 g/mol. The van der Waals surface area contributed by atoms with Crippen molar-refractivity contribution in [3.8, 4) is 5.75 Å². The van der Waals surface area contributed by atoms with Crippen molar-refractivity contribution >= 4 is 18.1 Å². The van der Waals surface area contributed by atoms with Crippen molar-refractivity contribution in [1.29, 1.82) is 0 Å². The summed E-state index contributed by atoms with van der Waals surface area (Å²) in [5.41, 5.74) is 2.15. The number of halogens is 1. The van der Waals surface area contributed by atoms with E-state index >= 15 is 0 Å². The molecule has 0 aliphatic heterocycles. The number of ether oxygens (including phenoxy) is 1. The van der Waals surface area contributed by atoms with Crippen LogP contribution >= 0.6 is 12.4 Å². The van der Waals surface area contributed by atoms with Gasteiger partial charge in [-0.25, -0.2) is 0 Å². The van der Waals surface area contributed by atoms with Gasteiger partial charge in [-0.15, -0.1) is 12.4 Å². The van der Waals surface area contributed by atoms with Crippen LogP contribution in [-0.4, -0.2) is 22.1 Å². The molecule has 2 aromatic rings. The van der Waals surface area contributed by atoms with Gasteiger partial charge in [0.15, 0.2) is 5.75 Å². The molecule has 0 aromatic heterocycles. The molecule has 0 spiro atoms. The molecule has 0 heterocycles. The molecular weight excluding hydrogens is 404 g/mol. The number of nitrogens with one attached hydrogen (secondary N) is 1. The SMILES string of the molecule is Cl.O=[N+]([O-])c1c(OCc2ccccc2)ccc2c1CCC(NC1C=CCCC1)C2O. The van der Waals surface area contributed by atoms with Gasteiger partial charge in [-0.05, 0) is 49.3 Å². The monoisotopic (exact) mass is 430 g/mol. The molecule has 6 nitrogen and oxygen atoms in total. The lowest BCUT2D eigenvalue weighted by Crippen LogP contribution is -2.44. The third kappa shape index (κ3) is 4.83. The molecule has 160 valence electrons. The number of benzene rings is 2. The van der Waals surface area contributed by atoms with Crippen LogP contribution in [0.2, 0.25) is 0 Å². The summed E-state index contributed by atoms with van der Waals surface area (Å²) in [7, 11) is 0. The maximum absolute atomic E-state index is 11.8. The molecule has 7 heteroatoms. The third-order valence-electron chi connectivity index (χ3n) is 5.79. The first kappa shape index (κ1) is 22.3. The van der Waals surface area contributed by atoms with Crippen molar-refractivity contribution in [3.05, 3.63) is 81.4 Å². The predicted molar refractivity (Wildman–Crippen MR) is 118 cm³/mol. The molecule has 0 radical (unpaired) electrons. The Hall–Kier alpha value is -2.41. The highest BCUT2D eigenvalue weighted by Gasteiger charge is 2.35. The Bertz CT molecular complexity index is 904. The topological polar surface area (TPSA) is 84.6 Å². The van der Waals surface area contributed by atoms with Crippen molar-refractivity contribution < 1.29 is 14.8 Å². The molecule has 0 amide bonds. The van der Waals surface area contributed by atoms with Gasteiger partial charge in [0.2, 0.25) is 0 Å². The fourth-order valence-electron chi connectivity index (χ4n) is 4.30. The van der Waals surface area contributed by atoms with E-state index in [1.807, 2.05) is 30.3 Å². The Labute approximate surface area is 182 Å². The number of fused-ring (bicyclic) bond motifs is 1. The number of rotatable bonds is 6. The summed E-state index contributed by atoms with van der Waals surface area (Å²) in [5, 5.41) is 26.3. The van der Waals surface area contributed by atoms with Crippen molar-refractivity contribution in [2.24, 2.45) is 0 Å². The van der Waals surface area contributed by atoms with Crippen LogP contribution in [0, 0.1) is 10.1 Å². The van der Waals surface area contributed by atoms with E-state index in [0.29, 0.717) is 24.0 Å². The summed E-state index contributed by atoms with van der Waals surface area (Å²) < 4.78 is 5.79. The first-order chi connectivity index (χ1) is 14.1. The Morgan fingerprint density at radius 3 is 2.67 bits per heavy atom. The van der Waals surface area contributed by atoms with Crippen molar-refractivity contribution in [3.63, 3.8) is 0 Å². The van der Waals surface area contributed by atoms with E-state index in [9.17, 15) is 15.2 Å². The number of nitro benzene ring substituents is 1. The van der Waals surface area contributed by atoms with E-state index in [-0.39, 0.29) is 47.5 Å². The summed E-state index contributed by atoms with van der Waals surface area (Å²) in [6.45, 7) is 0.265. The Morgan fingerprint density at radius 2 is 1.97 bits per heavy atom.